The van der Waals surface area contributed by atoms with Crippen LogP contribution in [0.1, 0.15) is 0 Å². The van der Waals surface area contributed by atoms with Gasteiger partial charge in [-0.15, -0.1) is 0 Å². The first-order valence-corrected chi connectivity index (χ1v) is 7.69. The molecule has 1 aromatic carbocycles. The third-order valence-electron chi connectivity index (χ3n) is 3.39. The van der Waals surface area contributed by atoms with E-state index >= 15 is 0 Å². The zero-order valence-electron chi connectivity index (χ0n) is 13.3. The van der Waals surface area contributed by atoms with Crippen LogP contribution in [0, 0.1) is 10.1 Å². The molecule has 0 saturated carbocycles. The van der Waals surface area contributed by atoms with E-state index < -0.39 is 4.92 Å². The van der Waals surface area contributed by atoms with Gasteiger partial charge in [-0.25, -0.2) is 15.0 Å². The number of pyridine rings is 1. The highest BCUT2D eigenvalue weighted by molar-refractivity contribution is 5.69. The molecule has 0 atom stereocenters. The maximum Gasteiger partial charge on any atom is 0.313 e. The SMILES string of the molecule is O=[N+]([O-])c1cnc(NCCNc2ccccn2)nc1-c1ccccc1. The highest BCUT2D eigenvalue weighted by Crippen LogP contribution is 2.27. The Morgan fingerprint density at radius 1 is 0.960 bits per heavy atom. The number of benzene rings is 1. The molecule has 0 unspecified atom stereocenters. The number of hydrogen-bond donors (Lipinski definition) is 2. The molecular weight excluding hydrogens is 320 g/mol. The summed E-state index contributed by atoms with van der Waals surface area (Å²) >= 11 is 0. The second-order valence-electron chi connectivity index (χ2n) is 5.12. The molecule has 0 aliphatic rings. The van der Waals surface area contributed by atoms with Gasteiger partial charge in [0.25, 0.3) is 0 Å². The molecule has 126 valence electrons. The molecule has 25 heavy (non-hydrogen) atoms. The lowest BCUT2D eigenvalue weighted by molar-refractivity contribution is -0.384. The maximum absolute atomic E-state index is 11.2. The second kappa shape index (κ2) is 7.82. The summed E-state index contributed by atoms with van der Waals surface area (Å²) in [6.45, 7) is 1.15. The number of rotatable bonds is 7. The molecule has 0 saturated heterocycles. The van der Waals surface area contributed by atoms with Crippen molar-refractivity contribution in [2.24, 2.45) is 0 Å². The summed E-state index contributed by atoms with van der Waals surface area (Å²) in [7, 11) is 0. The summed E-state index contributed by atoms with van der Waals surface area (Å²) in [5.74, 6) is 1.12. The van der Waals surface area contributed by atoms with Gasteiger partial charge in [0.15, 0.2) is 5.69 Å². The van der Waals surface area contributed by atoms with Gasteiger partial charge in [-0.3, -0.25) is 10.1 Å². The molecule has 0 spiro atoms. The van der Waals surface area contributed by atoms with Gasteiger partial charge in [0, 0.05) is 24.8 Å². The van der Waals surface area contributed by atoms with Crippen LogP contribution in [0.15, 0.2) is 60.9 Å². The molecule has 2 N–H and O–H groups in total. The van der Waals surface area contributed by atoms with E-state index in [0.717, 1.165) is 5.82 Å². The van der Waals surface area contributed by atoms with Crippen LogP contribution < -0.4 is 10.6 Å². The Morgan fingerprint density at radius 2 is 1.72 bits per heavy atom. The smallest absolute Gasteiger partial charge is 0.313 e. The van der Waals surface area contributed by atoms with E-state index in [1.807, 2.05) is 36.4 Å². The Kier molecular flexibility index (Phi) is 5.10. The van der Waals surface area contributed by atoms with E-state index in [-0.39, 0.29) is 5.69 Å². The van der Waals surface area contributed by atoms with E-state index in [4.69, 9.17) is 0 Å². The summed E-state index contributed by atoms with van der Waals surface area (Å²) in [6.07, 6.45) is 2.94. The first kappa shape index (κ1) is 16.3. The molecule has 0 aliphatic heterocycles. The van der Waals surface area contributed by atoms with Gasteiger partial charge in [-0.05, 0) is 12.1 Å². The summed E-state index contributed by atoms with van der Waals surface area (Å²) in [5, 5.41) is 17.4. The molecule has 0 fully saturated rings. The normalized spacial score (nSPS) is 10.2. The number of nitro groups is 1. The van der Waals surface area contributed by atoms with E-state index in [0.29, 0.717) is 30.3 Å². The summed E-state index contributed by atoms with van der Waals surface area (Å²) in [5.41, 5.74) is 0.843. The number of nitrogens with one attached hydrogen (secondary N) is 2. The Labute approximate surface area is 144 Å². The van der Waals surface area contributed by atoms with Crippen molar-refractivity contribution < 1.29 is 4.92 Å². The third-order valence-corrected chi connectivity index (χ3v) is 3.39. The molecule has 0 bridgehead atoms. The first-order chi connectivity index (χ1) is 12.2. The van der Waals surface area contributed by atoms with Gasteiger partial charge in [0.1, 0.15) is 12.0 Å². The van der Waals surface area contributed by atoms with Gasteiger partial charge in [-0.1, -0.05) is 36.4 Å². The van der Waals surface area contributed by atoms with Crippen molar-refractivity contribution in [3.8, 4) is 11.3 Å². The topological polar surface area (TPSA) is 106 Å². The molecule has 2 aromatic heterocycles. The lowest BCUT2D eigenvalue weighted by Gasteiger charge is -2.08. The molecule has 3 aromatic rings. The standard InChI is InChI=1S/C17H16N6O2/c24-23(25)14-12-21-17(22-16(14)13-6-2-1-3-7-13)20-11-10-19-15-8-4-5-9-18-15/h1-9,12H,10-11H2,(H,18,19)(H,20,21,22). The van der Waals surface area contributed by atoms with E-state index in [1.165, 1.54) is 6.20 Å². The van der Waals surface area contributed by atoms with Crippen LogP contribution >= 0.6 is 0 Å². The summed E-state index contributed by atoms with van der Waals surface area (Å²) < 4.78 is 0. The molecule has 8 heteroatoms. The summed E-state index contributed by atoms with van der Waals surface area (Å²) in [6, 6.07) is 14.6. The van der Waals surface area contributed by atoms with E-state index in [2.05, 4.69) is 25.6 Å². The molecule has 3 rings (SSSR count). The molecule has 0 amide bonds. The maximum atomic E-state index is 11.2. The predicted molar refractivity (Wildman–Crippen MR) is 95.3 cm³/mol. The molecule has 0 aliphatic carbocycles. The fourth-order valence-electron chi connectivity index (χ4n) is 2.23. The first-order valence-electron chi connectivity index (χ1n) is 7.69. The molecule has 8 nitrogen and oxygen atoms in total. The number of hydrogen-bond acceptors (Lipinski definition) is 7. The molecule has 0 radical (unpaired) electrons. The largest absolute Gasteiger partial charge is 0.368 e. The minimum atomic E-state index is -0.477. The zero-order chi connectivity index (χ0) is 17.5. The van der Waals surface area contributed by atoms with Crippen molar-refractivity contribution in [2.75, 3.05) is 23.7 Å². The Morgan fingerprint density at radius 3 is 2.44 bits per heavy atom. The van der Waals surface area contributed by atoms with Gasteiger partial charge >= 0.3 is 5.69 Å². The van der Waals surface area contributed by atoms with E-state index in [9.17, 15) is 10.1 Å². The number of aromatic nitrogens is 3. The van der Waals surface area contributed by atoms with Crippen LogP contribution in [-0.4, -0.2) is 33.0 Å². The lowest BCUT2D eigenvalue weighted by Crippen LogP contribution is -2.16. The minimum Gasteiger partial charge on any atom is -0.368 e. The van der Waals surface area contributed by atoms with Crippen molar-refractivity contribution in [1.29, 1.82) is 0 Å². The van der Waals surface area contributed by atoms with Gasteiger partial charge in [0.05, 0.1) is 4.92 Å². The lowest BCUT2D eigenvalue weighted by atomic mass is 10.1. The van der Waals surface area contributed by atoms with Crippen LogP contribution in [0.2, 0.25) is 0 Å². The second-order valence-corrected chi connectivity index (χ2v) is 5.12. The van der Waals surface area contributed by atoms with Gasteiger partial charge < -0.3 is 10.6 Å². The quantitative estimate of drug-likeness (QED) is 0.388. The molecular formula is C17H16N6O2. The molecule has 2 heterocycles. The van der Waals surface area contributed by atoms with Crippen LogP contribution in [0.5, 0.6) is 0 Å². The van der Waals surface area contributed by atoms with Crippen molar-refractivity contribution >= 4 is 17.5 Å². The fourth-order valence-corrected chi connectivity index (χ4v) is 2.23. The van der Waals surface area contributed by atoms with Crippen molar-refractivity contribution in [3.05, 3.63) is 71.0 Å². The Bertz CT molecular complexity index is 842. The van der Waals surface area contributed by atoms with Gasteiger partial charge in [-0.2, -0.15) is 0 Å². The van der Waals surface area contributed by atoms with Crippen molar-refractivity contribution in [2.45, 2.75) is 0 Å². The highest BCUT2D eigenvalue weighted by atomic mass is 16.6. The Balaban J connectivity index is 1.69. The average Bonchev–Trinajstić information content (AvgIpc) is 2.66. The van der Waals surface area contributed by atoms with Crippen LogP contribution in [0.25, 0.3) is 11.3 Å². The zero-order valence-corrected chi connectivity index (χ0v) is 13.3. The van der Waals surface area contributed by atoms with Crippen LogP contribution in [0.4, 0.5) is 17.5 Å². The van der Waals surface area contributed by atoms with Crippen LogP contribution in [0.3, 0.4) is 0 Å². The van der Waals surface area contributed by atoms with Crippen LogP contribution in [-0.2, 0) is 0 Å². The fraction of sp³-hybridized carbons (Fsp3) is 0.118. The van der Waals surface area contributed by atoms with Gasteiger partial charge in [0.2, 0.25) is 5.95 Å². The number of nitrogens with zero attached hydrogens (tertiary/aromatic N) is 4. The highest BCUT2D eigenvalue weighted by Gasteiger charge is 2.18. The number of anilines is 2. The third kappa shape index (κ3) is 4.25. The van der Waals surface area contributed by atoms with Crippen molar-refractivity contribution in [3.63, 3.8) is 0 Å². The van der Waals surface area contributed by atoms with E-state index in [1.54, 1.807) is 18.3 Å². The monoisotopic (exact) mass is 336 g/mol. The summed E-state index contributed by atoms with van der Waals surface area (Å²) in [4.78, 5) is 23.2. The minimum absolute atomic E-state index is 0.122. The predicted octanol–water partition coefficient (Wildman–Crippen LogP) is 2.97. The average molecular weight is 336 g/mol. The van der Waals surface area contributed by atoms with Crippen molar-refractivity contribution in [1.82, 2.24) is 15.0 Å². The Hall–Kier alpha value is -3.55.